The van der Waals surface area contributed by atoms with Crippen LogP contribution < -0.4 is 9.57 Å². The molecule has 0 atom stereocenters. The summed E-state index contributed by atoms with van der Waals surface area (Å²) < 4.78 is 19.0. The third-order valence-electron chi connectivity index (χ3n) is 2.61. The van der Waals surface area contributed by atoms with Crippen LogP contribution in [-0.2, 0) is 0 Å². The van der Waals surface area contributed by atoms with Crippen LogP contribution in [-0.4, -0.2) is 22.8 Å². The van der Waals surface area contributed by atoms with Gasteiger partial charge in [-0.3, -0.25) is 0 Å². The van der Waals surface area contributed by atoms with E-state index in [1.165, 1.54) is 12.1 Å². The van der Waals surface area contributed by atoms with E-state index in [-0.39, 0.29) is 23.8 Å². The summed E-state index contributed by atoms with van der Waals surface area (Å²) in [6, 6.07) is 12.4. The van der Waals surface area contributed by atoms with Crippen molar-refractivity contribution < 1.29 is 23.9 Å². The zero-order valence-electron chi connectivity index (χ0n) is 11.3. The Balaban J connectivity index is 2.25. The number of halogens is 1. The number of hydroxylamine groups is 2. The molecule has 0 bridgehead atoms. The topological polar surface area (TPSA) is 59.0 Å². The molecular formula is C15H14FNO4. The Morgan fingerprint density at radius 2 is 1.67 bits per heavy atom. The van der Waals surface area contributed by atoms with Crippen molar-refractivity contribution in [3.63, 3.8) is 0 Å². The summed E-state index contributed by atoms with van der Waals surface area (Å²) in [6.45, 7) is 1.78. The van der Waals surface area contributed by atoms with E-state index in [2.05, 4.69) is 0 Å². The Labute approximate surface area is 121 Å². The third-order valence-corrected chi connectivity index (χ3v) is 2.61. The van der Waals surface area contributed by atoms with Crippen molar-refractivity contribution in [3.8, 4) is 17.2 Å². The highest BCUT2D eigenvalue weighted by atomic mass is 19.1. The highest BCUT2D eigenvalue weighted by Gasteiger charge is 2.15. The quantitative estimate of drug-likeness (QED) is 0.848. The smallest absolute Gasteiger partial charge is 0.440 e. The largest absolute Gasteiger partial charge is 0.463 e. The zero-order valence-corrected chi connectivity index (χ0v) is 11.3. The summed E-state index contributed by atoms with van der Waals surface area (Å²) >= 11 is 0. The number of hydrogen-bond donors (Lipinski definition) is 1. The molecule has 2 rings (SSSR count). The van der Waals surface area contributed by atoms with Gasteiger partial charge in [-0.05, 0) is 31.2 Å². The van der Waals surface area contributed by atoms with Gasteiger partial charge < -0.3 is 14.7 Å². The van der Waals surface area contributed by atoms with Gasteiger partial charge in [-0.2, -0.15) is 0 Å². The van der Waals surface area contributed by atoms with Crippen LogP contribution in [0.2, 0.25) is 0 Å². The molecule has 21 heavy (non-hydrogen) atoms. The van der Waals surface area contributed by atoms with Crippen molar-refractivity contribution in [1.82, 2.24) is 5.06 Å². The number of para-hydroxylation sites is 3. The number of carboxylic acid groups (broad SMARTS) is 1. The molecule has 0 aromatic heterocycles. The van der Waals surface area contributed by atoms with Crippen molar-refractivity contribution in [2.75, 3.05) is 6.54 Å². The molecule has 6 heteroatoms. The van der Waals surface area contributed by atoms with Crippen molar-refractivity contribution >= 4 is 6.09 Å². The minimum atomic E-state index is -1.22. The minimum absolute atomic E-state index is 0.0342. The Kier molecular flexibility index (Phi) is 4.61. The molecule has 0 aliphatic carbocycles. The van der Waals surface area contributed by atoms with Crippen LogP contribution >= 0.6 is 0 Å². The van der Waals surface area contributed by atoms with Crippen molar-refractivity contribution in [2.45, 2.75) is 6.92 Å². The molecule has 0 aliphatic rings. The predicted molar refractivity (Wildman–Crippen MR) is 73.9 cm³/mol. The van der Waals surface area contributed by atoms with Gasteiger partial charge in [-0.1, -0.05) is 24.3 Å². The number of ether oxygens (including phenoxy) is 1. The molecule has 0 saturated carbocycles. The number of amides is 1. The van der Waals surface area contributed by atoms with Crippen LogP contribution in [0.15, 0.2) is 48.5 Å². The molecule has 0 spiro atoms. The van der Waals surface area contributed by atoms with E-state index in [0.717, 1.165) is 5.06 Å². The molecule has 0 radical (unpaired) electrons. The van der Waals surface area contributed by atoms with Crippen LogP contribution in [0.5, 0.6) is 17.2 Å². The maximum atomic E-state index is 13.6. The van der Waals surface area contributed by atoms with Crippen molar-refractivity contribution in [3.05, 3.63) is 54.3 Å². The molecule has 1 N–H and O–H groups in total. The Morgan fingerprint density at radius 3 is 2.24 bits per heavy atom. The number of nitrogens with zero attached hydrogens (tertiary/aromatic N) is 1. The Bertz CT molecular complexity index is 633. The lowest BCUT2D eigenvalue weighted by Crippen LogP contribution is -2.32. The van der Waals surface area contributed by atoms with Gasteiger partial charge in [-0.15, -0.1) is 5.06 Å². The first kappa shape index (κ1) is 14.6. The van der Waals surface area contributed by atoms with Crippen LogP contribution in [0, 0.1) is 5.82 Å². The fraction of sp³-hybridized carbons (Fsp3) is 0.133. The molecular weight excluding hydrogens is 277 g/mol. The first-order chi connectivity index (χ1) is 10.1. The summed E-state index contributed by atoms with van der Waals surface area (Å²) in [5.74, 6) is -0.0721. The van der Waals surface area contributed by atoms with E-state index >= 15 is 0 Å². The zero-order chi connectivity index (χ0) is 15.2. The van der Waals surface area contributed by atoms with Gasteiger partial charge in [0, 0.05) is 0 Å². The van der Waals surface area contributed by atoms with Crippen LogP contribution in [0.4, 0.5) is 9.18 Å². The van der Waals surface area contributed by atoms with Gasteiger partial charge in [0.1, 0.15) is 0 Å². The van der Waals surface area contributed by atoms with Gasteiger partial charge in [0.25, 0.3) is 0 Å². The number of carbonyl (C=O) groups is 1. The summed E-state index contributed by atoms with van der Waals surface area (Å²) in [6.07, 6.45) is -1.22. The molecule has 2 aromatic rings. The summed E-state index contributed by atoms with van der Waals surface area (Å²) in [7, 11) is 0. The number of rotatable bonds is 5. The second kappa shape index (κ2) is 6.60. The van der Waals surface area contributed by atoms with E-state index in [1.54, 1.807) is 43.3 Å². The van der Waals surface area contributed by atoms with Crippen molar-refractivity contribution in [2.24, 2.45) is 0 Å². The summed E-state index contributed by atoms with van der Waals surface area (Å²) in [5, 5.41) is 9.71. The van der Waals surface area contributed by atoms with E-state index in [0.29, 0.717) is 0 Å². The lowest BCUT2D eigenvalue weighted by Gasteiger charge is -2.19. The molecule has 0 aliphatic heterocycles. The summed E-state index contributed by atoms with van der Waals surface area (Å²) in [5.41, 5.74) is 0. The molecule has 1 amide bonds. The molecule has 0 heterocycles. The fourth-order valence-corrected chi connectivity index (χ4v) is 1.61. The average molecular weight is 291 g/mol. The monoisotopic (exact) mass is 291 g/mol. The highest BCUT2D eigenvalue weighted by Crippen LogP contribution is 2.32. The van der Waals surface area contributed by atoms with Gasteiger partial charge in [0.2, 0.25) is 0 Å². The number of benzene rings is 2. The van der Waals surface area contributed by atoms with E-state index in [9.17, 15) is 9.18 Å². The van der Waals surface area contributed by atoms with Crippen LogP contribution in [0.3, 0.4) is 0 Å². The van der Waals surface area contributed by atoms with Crippen LogP contribution in [0.1, 0.15) is 6.92 Å². The minimum Gasteiger partial charge on any atom is -0.463 e. The first-order valence-electron chi connectivity index (χ1n) is 6.31. The molecule has 5 nitrogen and oxygen atoms in total. The normalized spacial score (nSPS) is 10.0. The lowest BCUT2D eigenvalue weighted by atomic mass is 10.3. The third kappa shape index (κ3) is 3.62. The standard InChI is InChI=1S/C15H14FNO4/c1-2-17(15(18)19)21-14-10-6-5-9-13(14)20-12-8-4-3-7-11(12)16/h3-10H,2H2,1H3,(H,18,19). The Hall–Kier alpha value is -2.76. The molecule has 0 saturated heterocycles. The first-order valence-corrected chi connectivity index (χ1v) is 6.31. The summed E-state index contributed by atoms with van der Waals surface area (Å²) in [4.78, 5) is 16.2. The second-order valence-corrected chi connectivity index (χ2v) is 4.05. The van der Waals surface area contributed by atoms with Crippen molar-refractivity contribution in [1.29, 1.82) is 0 Å². The van der Waals surface area contributed by atoms with Crippen LogP contribution in [0.25, 0.3) is 0 Å². The lowest BCUT2D eigenvalue weighted by molar-refractivity contribution is -0.0329. The van der Waals surface area contributed by atoms with E-state index in [4.69, 9.17) is 14.7 Å². The van der Waals surface area contributed by atoms with Gasteiger partial charge in [-0.25, -0.2) is 9.18 Å². The van der Waals surface area contributed by atoms with E-state index < -0.39 is 11.9 Å². The Morgan fingerprint density at radius 1 is 1.10 bits per heavy atom. The molecule has 0 fully saturated rings. The number of hydrogen-bond acceptors (Lipinski definition) is 3. The fourth-order valence-electron chi connectivity index (χ4n) is 1.61. The average Bonchev–Trinajstić information content (AvgIpc) is 2.48. The van der Waals surface area contributed by atoms with E-state index in [1.807, 2.05) is 0 Å². The highest BCUT2D eigenvalue weighted by molar-refractivity contribution is 5.64. The van der Waals surface area contributed by atoms with Gasteiger partial charge >= 0.3 is 6.09 Å². The molecule has 110 valence electrons. The maximum absolute atomic E-state index is 13.6. The molecule has 2 aromatic carbocycles. The van der Waals surface area contributed by atoms with Gasteiger partial charge in [0.15, 0.2) is 23.1 Å². The maximum Gasteiger partial charge on any atom is 0.440 e. The predicted octanol–water partition coefficient (Wildman–Crippen LogP) is 3.91. The SMILES string of the molecule is CCN(Oc1ccccc1Oc1ccccc1F)C(=O)O. The molecule has 0 unspecified atom stereocenters. The second-order valence-electron chi connectivity index (χ2n) is 4.05. The van der Waals surface area contributed by atoms with Gasteiger partial charge in [0.05, 0.1) is 6.54 Å².